The zero-order valence-electron chi connectivity index (χ0n) is 16.8. The molecule has 2 aliphatic carbocycles. The molecule has 2 aliphatic rings. The van der Waals surface area contributed by atoms with Gasteiger partial charge in [0.25, 0.3) is 0 Å². The van der Waals surface area contributed by atoms with Gasteiger partial charge in [0, 0.05) is 11.0 Å². The molecule has 1 saturated carbocycles. The second kappa shape index (κ2) is 6.47. The Morgan fingerprint density at radius 2 is 1.83 bits per heavy atom. The van der Waals surface area contributed by atoms with Crippen LogP contribution in [0.1, 0.15) is 42.1 Å². The summed E-state index contributed by atoms with van der Waals surface area (Å²) in [7, 11) is 0. The largest absolute Gasteiger partial charge is 0.377 e. The van der Waals surface area contributed by atoms with Crippen LogP contribution in [-0.4, -0.2) is 20.5 Å². The molecule has 144 valence electrons. The van der Waals surface area contributed by atoms with E-state index in [1.54, 1.807) is 0 Å². The van der Waals surface area contributed by atoms with Crippen molar-refractivity contribution < 1.29 is 5.11 Å². The summed E-state index contributed by atoms with van der Waals surface area (Å²) in [6.07, 6.45) is 6.44. The lowest BCUT2D eigenvalue weighted by Crippen LogP contribution is -2.44. The van der Waals surface area contributed by atoms with Crippen LogP contribution in [0.15, 0.2) is 66.4 Å². The van der Waals surface area contributed by atoms with E-state index in [-0.39, 0.29) is 5.41 Å². The second-order valence-corrected chi connectivity index (χ2v) is 8.46. The van der Waals surface area contributed by atoms with Crippen LogP contribution >= 0.6 is 0 Å². The minimum atomic E-state index is -1.03. The monoisotopic (exact) mass is 380 g/mol. The second-order valence-electron chi connectivity index (χ2n) is 8.46. The molecule has 0 spiro atoms. The maximum atomic E-state index is 11.5. The van der Waals surface area contributed by atoms with E-state index in [9.17, 15) is 5.11 Å². The molecule has 2 aromatic carbocycles. The van der Waals surface area contributed by atoms with Gasteiger partial charge in [0.05, 0.1) is 17.6 Å². The fraction of sp³-hybridized carbons (Fsp3) is 0.269. The number of benzene rings is 2. The molecule has 1 fully saturated rings. The Bertz CT molecular complexity index is 1160. The standard InChI is InChI=1S/C26H24N2O/c1-19-8-10-23(11-9-19)28-24-16-22-13-15-26(29,14-12-20-6-4-3-5-7-20)25(22,2)17-21(24)18-27-28/h3-11,16,18,29H,13,15,17H2,1-2H3/t25-,26-/m0/s1. The van der Waals surface area contributed by atoms with E-state index in [1.165, 1.54) is 16.7 Å². The summed E-state index contributed by atoms with van der Waals surface area (Å²) in [5.74, 6) is 6.42. The predicted molar refractivity (Wildman–Crippen MR) is 116 cm³/mol. The summed E-state index contributed by atoms with van der Waals surface area (Å²) in [4.78, 5) is 0. The lowest BCUT2D eigenvalue weighted by atomic mass is 9.67. The highest BCUT2D eigenvalue weighted by Gasteiger charge is 2.54. The summed E-state index contributed by atoms with van der Waals surface area (Å²) in [6.45, 7) is 4.24. The molecule has 1 heterocycles. The van der Waals surface area contributed by atoms with E-state index < -0.39 is 5.60 Å². The molecule has 0 saturated heterocycles. The van der Waals surface area contributed by atoms with Crippen LogP contribution < -0.4 is 0 Å². The van der Waals surface area contributed by atoms with E-state index in [2.05, 4.69) is 61.1 Å². The SMILES string of the molecule is Cc1ccc(-n2ncc3c2C=C2CC[C@@](O)(C#Cc4ccccc4)[C@@]2(C)C3)cc1. The third-order valence-corrected chi connectivity index (χ3v) is 6.58. The molecule has 1 aromatic heterocycles. The molecular weight excluding hydrogens is 356 g/mol. The first-order valence-electron chi connectivity index (χ1n) is 10.1. The minimum Gasteiger partial charge on any atom is -0.377 e. The third kappa shape index (κ3) is 2.84. The highest BCUT2D eigenvalue weighted by molar-refractivity contribution is 5.63. The molecule has 0 bridgehead atoms. The van der Waals surface area contributed by atoms with Crippen molar-refractivity contribution in [2.75, 3.05) is 0 Å². The summed E-state index contributed by atoms with van der Waals surface area (Å²) in [6, 6.07) is 18.3. The maximum Gasteiger partial charge on any atom is 0.135 e. The Morgan fingerprint density at radius 3 is 2.59 bits per heavy atom. The van der Waals surface area contributed by atoms with E-state index in [1.807, 2.05) is 41.2 Å². The van der Waals surface area contributed by atoms with Crippen LogP contribution in [0.2, 0.25) is 0 Å². The number of rotatable bonds is 1. The van der Waals surface area contributed by atoms with Crippen molar-refractivity contribution in [1.82, 2.24) is 9.78 Å². The smallest absolute Gasteiger partial charge is 0.135 e. The van der Waals surface area contributed by atoms with Gasteiger partial charge in [-0.05, 0) is 62.1 Å². The van der Waals surface area contributed by atoms with Crippen LogP contribution in [0.25, 0.3) is 11.8 Å². The first-order valence-corrected chi connectivity index (χ1v) is 10.1. The van der Waals surface area contributed by atoms with Crippen LogP contribution in [0.3, 0.4) is 0 Å². The Labute approximate surface area is 171 Å². The van der Waals surface area contributed by atoms with Gasteiger partial charge in [-0.1, -0.05) is 60.2 Å². The molecular formula is C26H24N2O. The summed E-state index contributed by atoms with van der Waals surface area (Å²) >= 11 is 0. The predicted octanol–water partition coefficient (Wildman–Crippen LogP) is 4.70. The van der Waals surface area contributed by atoms with Gasteiger partial charge in [-0.3, -0.25) is 0 Å². The van der Waals surface area contributed by atoms with Crippen molar-refractivity contribution in [3.63, 3.8) is 0 Å². The van der Waals surface area contributed by atoms with Crippen LogP contribution in [0.5, 0.6) is 0 Å². The zero-order valence-corrected chi connectivity index (χ0v) is 16.8. The average molecular weight is 380 g/mol. The Kier molecular flexibility index (Phi) is 4.01. The maximum absolute atomic E-state index is 11.5. The molecule has 2 atom stereocenters. The molecule has 3 aromatic rings. The van der Waals surface area contributed by atoms with Gasteiger partial charge >= 0.3 is 0 Å². The Morgan fingerprint density at radius 1 is 1.07 bits per heavy atom. The van der Waals surface area contributed by atoms with Crippen molar-refractivity contribution in [3.05, 3.63) is 88.8 Å². The topological polar surface area (TPSA) is 38.0 Å². The number of fused-ring (bicyclic) bond motifs is 2. The zero-order chi connectivity index (χ0) is 20.1. The first kappa shape index (κ1) is 18.0. The summed E-state index contributed by atoms with van der Waals surface area (Å²) in [5.41, 5.74) is 5.38. The lowest BCUT2D eigenvalue weighted by Gasteiger charge is -2.39. The van der Waals surface area contributed by atoms with E-state index in [0.29, 0.717) is 6.42 Å². The summed E-state index contributed by atoms with van der Waals surface area (Å²) in [5, 5.41) is 16.2. The number of hydrogen-bond acceptors (Lipinski definition) is 2. The van der Waals surface area contributed by atoms with Gasteiger partial charge in [-0.25, -0.2) is 4.68 Å². The molecule has 0 radical (unpaired) electrons. The molecule has 0 aliphatic heterocycles. The first-order chi connectivity index (χ1) is 14.0. The van der Waals surface area contributed by atoms with Crippen LogP contribution in [0, 0.1) is 24.2 Å². The number of aryl methyl sites for hydroxylation is 1. The minimum absolute atomic E-state index is 0.386. The molecule has 5 rings (SSSR count). The van der Waals surface area contributed by atoms with Crippen molar-refractivity contribution in [1.29, 1.82) is 0 Å². The number of nitrogens with zero attached hydrogens (tertiary/aromatic N) is 2. The number of hydrogen-bond donors (Lipinski definition) is 1. The van der Waals surface area contributed by atoms with Gasteiger partial charge in [-0.15, -0.1) is 0 Å². The van der Waals surface area contributed by atoms with E-state index in [4.69, 9.17) is 0 Å². The molecule has 1 N–H and O–H groups in total. The van der Waals surface area contributed by atoms with Gasteiger partial charge in [0.15, 0.2) is 0 Å². The fourth-order valence-electron chi connectivity index (χ4n) is 4.64. The Balaban J connectivity index is 1.53. The molecule has 3 nitrogen and oxygen atoms in total. The summed E-state index contributed by atoms with van der Waals surface area (Å²) < 4.78 is 2.01. The van der Waals surface area contributed by atoms with Gasteiger partial charge in [-0.2, -0.15) is 5.10 Å². The molecule has 0 unspecified atom stereocenters. The Hall–Kier alpha value is -3.09. The van der Waals surface area contributed by atoms with Gasteiger partial charge in [0.2, 0.25) is 0 Å². The quantitative estimate of drug-likeness (QED) is 0.621. The lowest BCUT2D eigenvalue weighted by molar-refractivity contribution is 0.0153. The average Bonchev–Trinajstić information content (AvgIpc) is 3.24. The number of aliphatic hydroxyl groups is 1. The van der Waals surface area contributed by atoms with Crippen molar-refractivity contribution in [2.24, 2.45) is 5.41 Å². The highest BCUT2D eigenvalue weighted by Crippen LogP contribution is 2.55. The molecule has 0 amide bonds. The molecule has 29 heavy (non-hydrogen) atoms. The van der Waals surface area contributed by atoms with Gasteiger partial charge < -0.3 is 5.11 Å². The van der Waals surface area contributed by atoms with Crippen LogP contribution in [-0.2, 0) is 6.42 Å². The van der Waals surface area contributed by atoms with Crippen molar-refractivity contribution >= 4 is 6.08 Å². The fourth-order valence-corrected chi connectivity index (χ4v) is 4.64. The normalized spacial score (nSPS) is 24.9. The highest BCUT2D eigenvalue weighted by atomic mass is 16.3. The van der Waals surface area contributed by atoms with E-state index >= 15 is 0 Å². The number of aromatic nitrogens is 2. The third-order valence-electron chi connectivity index (χ3n) is 6.58. The van der Waals surface area contributed by atoms with Crippen molar-refractivity contribution in [2.45, 2.75) is 38.7 Å². The van der Waals surface area contributed by atoms with Crippen LogP contribution in [0.4, 0.5) is 0 Å². The van der Waals surface area contributed by atoms with E-state index in [0.717, 1.165) is 29.8 Å². The van der Waals surface area contributed by atoms with Crippen molar-refractivity contribution in [3.8, 4) is 17.5 Å². The molecule has 3 heteroatoms. The van der Waals surface area contributed by atoms with Gasteiger partial charge in [0.1, 0.15) is 5.60 Å².